The van der Waals surface area contributed by atoms with Gasteiger partial charge < -0.3 is 20.1 Å². The molecule has 0 atom stereocenters. The summed E-state index contributed by atoms with van der Waals surface area (Å²) in [5.41, 5.74) is 1.38. The van der Waals surface area contributed by atoms with E-state index in [9.17, 15) is 14.4 Å². The maximum absolute atomic E-state index is 13.0. The van der Waals surface area contributed by atoms with Gasteiger partial charge in [-0.2, -0.15) is 0 Å². The van der Waals surface area contributed by atoms with Crippen LogP contribution in [0.25, 0.3) is 10.9 Å². The van der Waals surface area contributed by atoms with Gasteiger partial charge in [-0.3, -0.25) is 19.0 Å². The Kier molecular flexibility index (Phi) is 6.58. The number of nitrogens with zero attached hydrogens (tertiary/aromatic N) is 2. The molecule has 1 aromatic heterocycles. The Morgan fingerprint density at radius 3 is 2.61 bits per heavy atom. The zero-order chi connectivity index (χ0) is 23.4. The maximum atomic E-state index is 13.0. The Hall–Kier alpha value is -3.88. The predicted molar refractivity (Wildman–Crippen MR) is 125 cm³/mol. The number of ether oxygens (including phenoxy) is 2. The van der Waals surface area contributed by atoms with E-state index in [2.05, 4.69) is 15.6 Å². The molecule has 0 aliphatic carbocycles. The van der Waals surface area contributed by atoms with E-state index in [4.69, 9.17) is 9.47 Å². The van der Waals surface area contributed by atoms with Crippen LogP contribution in [0.5, 0.6) is 11.5 Å². The molecule has 0 saturated heterocycles. The van der Waals surface area contributed by atoms with Gasteiger partial charge >= 0.3 is 0 Å². The molecule has 4 rings (SSSR count). The number of hydrogen-bond donors (Lipinski definition) is 2. The van der Waals surface area contributed by atoms with Gasteiger partial charge in [-0.1, -0.05) is 6.42 Å². The van der Waals surface area contributed by atoms with Crippen LogP contribution in [0.4, 0.5) is 11.4 Å². The third kappa shape index (κ3) is 4.97. The normalized spacial score (nSPS) is 13.0. The maximum Gasteiger partial charge on any atom is 0.261 e. The number of hydrogen-bond acceptors (Lipinski definition) is 6. The monoisotopic (exact) mass is 450 g/mol. The zero-order valence-electron chi connectivity index (χ0n) is 18.6. The molecule has 2 N–H and O–H groups in total. The van der Waals surface area contributed by atoms with Crippen molar-refractivity contribution in [2.24, 2.45) is 0 Å². The molecular weight excluding hydrogens is 424 g/mol. The fraction of sp³-hybridized carbons (Fsp3) is 0.333. The molecule has 172 valence electrons. The second-order valence-electron chi connectivity index (χ2n) is 7.87. The van der Waals surface area contributed by atoms with Crippen LogP contribution in [0.1, 0.15) is 31.5 Å². The Morgan fingerprint density at radius 2 is 1.82 bits per heavy atom. The molecule has 3 aromatic rings. The minimum Gasteiger partial charge on any atom is -0.497 e. The fourth-order valence-corrected chi connectivity index (χ4v) is 3.94. The van der Waals surface area contributed by atoms with E-state index < -0.39 is 18.2 Å². The van der Waals surface area contributed by atoms with Gasteiger partial charge in [0.2, 0.25) is 11.8 Å². The van der Waals surface area contributed by atoms with Crippen molar-refractivity contribution < 1.29 is 19.1 Å². The molecule has 33 heavy (non-hydrogen) atoms. The number of aryl methyl sites for hydroxylation is 1. The number of amides is 2. The van der Waals surface area contributed by atoms with Gasteiger partial charge in [0.15, 0.2) is 0 Å². The molecule has 0 radical (unpaired) electrons. The van der Waals surface area contributed by atoms with Crippen molar-refractivity contribution in [1.29, 1.82) is 0 Å². The summed E-state index contributed by atoms with van der Waals surface area (Å²) in [4.78, 5) is 42.4. The molecule has 2 amide bonds. The molecule has 2 aromatic carbocycles. The number of fused-ring (bicyclic) bond motifs is 2. The molecule has 0 unspecified atom stereocenters. The molecule has 9 nitrogen and oxygen atoms in total. The van der Waals surface area contributed by atoms with Crippen molar-refractivity contribution in [1.82, 2.24) is 9.55 Å². The summed E-state index contributed by atoms with van der Waals surface area (Å²) in [6.45, 7) is 0.655. The molecule has 2 heterocycles. The molecular formula is C24H26N4O5. The minimum atomic E-state index is -0.498. The van der Waals surface area contributed by atoms with E-state index in [0.717, 1.165) is 31.5 Å². The number of benzene rings is 2. The molecule has 1 aliphatic heterocycles. The molecule has 0 fully saturated rings. The van der Waals surface area contributed by atoms with E-state index in [1.54, 1.807) is 41.0 Å². The van der Waals surface area contributed by atoms with Crippen LogP contribution < -0.4 is 25.7 Å². The number of methoxy groups -OCH3 is 2. The van der Waals surface area contributed by atoms with Gasteiger partial charge in [0.1, 0.15) is 23.7 Å². The summed E-state index contributed by atoms with van der Waals surface area (Å²) < 4.78 is 12.1. The molecule has 0 saturated carbocycles. The third-order valence-corrected chi connectivity index (χ3v) is 5.60. The standard InChI is InChI=1S/C24H26N4O5/c1-32-16-8-10-19(20(13-16)33-2)27-23(30)14-22(29)25-15-7-9-18-17(12-15)24(31)28-11-5-3-4-6-21(28)26-18/h7-10,12-13H,3-6,11,14H2,1-2H3,(H,25,29)(H,27,30). The third-order valence-electron chi connectivity index (χ3n) is 5.60. The van der Waals surface area contributed by atoms with E-state index in [1.165, 1.54) is 14.2 Å². The smallest absolute Gasteiger partial charge is 0.261 e. The van der Waals surface area contributed by atoms with Gasteiger partial charge in [-0.15, -0.1) is 0 Å². The minimum absolute atomic E-state index is 0.0997. The van der Waals surface area contributed by atoms with Crippen molar-refractivity contribution in [2.75, 3.05) is 24.9 Å². The van der Waals surface area contributed by atoms with E-state index >= 15 is 0 Å². The van der Waals surface area contributed by atoms with Gasteiger partial charge in [-0.05, 0) is 43.2 Å². The lowest BCUT2D eigenvalue weighted by Gasteiger charge is -2.12. The lowest BCUT2D eigenvalue weighted by atomic mass is 10.2. The van der Waals surface area contributed by atoms with E-state index in [0.29, 0.717) is 40.3 Å². The first-order valence-electron chi connectivity index (χ1n) is 10.8. The number of nitrogens with one attached hydrogen (secondary N) is 2. The fourth-order valence-electron chi connectivity index (χ4n) is 3.94. The second-order valence-corrected chi connectivity index (χ2v) is 7.87. The summed E-state index contributed by atoms with van der Waals surface area (Å²) in [5, 5.41) is 5.80. The quantitative estimate of drug-likeness (QED) is 0.558. The lowest BCUT2D eigenvalue weighted by Crippen LogP contribution is -2.25. The van der Waals surface area contributed by atoms with Crippen molar-refractivity contribution in [3.63, 3.8) is 0 Å². The highest BCUT2D eigenvalue weighted by Crippen LogP contribution is 2.29. The number of carbonyl (C=O) groups is 2. The predicted octanol–water partition coefficient (Wildman–Crippen LogP) is 3.11. The van der Waals surface area contributed by atoms with Gasteiger partial charge in [-0.25, -0.2) is 4.98 Å². The van der Waals surface area contributed by atoms with Crippen molar-refractivity contribution in [3.8, 4) is 11.5 Å². The zero-order valence-corrected chi connectivity index (χ0v) is 18.6. The van der Waals surface area contributed by atoms with Gasteiger partial charge in [0.05, 0.1) is 30.8 Å². The summed E-state index contributed by atoms with van der Waals surface area (Å²) in [6.07, 6.45) is 3.44. The van der Waals surface area contributed by atoms with Crippen molar-refractivity contribution >= 4 is 34.1 Å². The second kappa shape index (κ2) is 9.72. The van der Waals surface area contributed by atoms with Crippen LogP contribution in [-0.2, 0) is 22.6 Å². The first-order valence-corrected chi connectivity index (χ1v) is 10.8. The van der Waals surface area contributed by atoms with Crippen LogP contribution in [-0.4, -0.2) is 35.6 Å². The molecule has 9 heteroatoms. The first-order chi connectivity index (χ1) is 16.0. The molecule has 0 spiro atoms. The van der Waals surface area contributed by atoms with Crippen LogP contribution in [0.2, 0.25) is 0 Å². The highest BCUT2D eigenvalue weighted by atomic mass is 16.5. The Labute approximate surface area is 190 Å². The highest BCUT2D eigenvalue weighted by molar-refractivity contribution is 6.08. The summed E-state index contributed by atoms with van der Waals surface area (Å²) in [6, 6.07) is 9.98. The average molecular weight is 450 g/mol. The van der Waals surface area contributed by atoms with Crippen LogP contribution >= 0.6 is 0 Å². The summed E-state index contributed by atoms with van der Waals surface area (Å²) >= 11 is 0. The van der Waals surface area contributed by atoms with Crippen LogP contribution in [0, 0.1) is 0 Å². The number of aromatic nitrogens is 2. The summed E-state index contributed by atoms with van der Waals surface area (Å²) in [7, 11) is 3.01. The summed E-state index contributed by atoms with van der Waals surface area (Å²) in [5.74, 6) is 0.823. The van der Waals surface area contributed by atoms with E-state index in [-0.39, 0.29) is 5.56 Å². The SMILES string of the molecule is COc1ccc(NC(=O)CC(=O)Nc2ccc3nc4n(c(=O)c3c2)CCCCC4)c(OC)c1. The highest BCUT2D eigenvalue weighted by Gasteiger charge is 2.16. The Morgan fingerprint density at radius 1 is 1.00 bits per heavy atom. The van der Waals surface area contributed by atoms with Gasteiger partial charge in [0.25, 0.3) is 5.56 Å². The van der Waals surface area contributed by atoms with Crippen molar-refractivity contribution in [2.45, 2.75) is 38.6 Å². The number of rotatable bonds is 6. The number of carbonyl (C=O) groups excluding carboxylic acids is 2. The molecule has 0 bridgehead atoms. The topological polar surface area (TPSA) is 112 Å². The largest absolute Gasteiger partial charge is 0.497 e. The molecule has 1 aliphatic rings. The lowest BCUT2D eigenvalue weighted by molar-refractivity contribution is -0.123. The van der Waals surface area contributed by atoms with Crippen molar-refractivity contribution in [3.05, 3.63) is 52.6 Å². The van der Waals surface area contributed by atoms with Crippen LogP contribution in [0.3, 0.4) is 0 Å². The first kappa shape index (κ1) is 22.3. The Bertz CT molecular complexity index is 1270. The van der Waals surface area contributed by atoms with Gasteiger partial charge in [0, 0.05) is 24.7 Å². The Balaban J connectivity index is 1.46. The average Bonchev–Trinajstić information content (AvgIpc) is 3.05. The number of anilines is 2. The van der Waals surface area contributed by atoms with E-state index in [1.807, 2.05) is 0 Å². The van der Waals surface area contributed by atoms with Crippen LogP contribution in [0.15, 0.2) is 41.2 Å².